The lowest BCUT2D eigenvalue weighted by Crippen LogP contribution is -2.36. The van der Waals surface area contributed by atoms with Gasteiger partial charge in [-0.3, -0.25) is 0 Å². The van der Waals surface area contributed by atoms with E-state index in [0.29, 0.717) is 19.7 Å². The molecule has 0 aliphatic heterocycles. The van der Waals surface area contributed by atoms with Crippen molar-refractivity contribution in [3.63, 3.8) is 0 Å². The molecule has 0 aliphatic carbocycles. The number of carbonyl (C=O) groups excluding carboxylic acids is 1. The molecule has 0 saturated heterocycles. The molecule has 0 aliphatic rings. The van der Waals surface area contributed by atoms with Crippen LogP contribution in [-0.2, 0) is 24.4 Å². The summed E-state index contributed by atoms with van der Waals surface area (Å²) in [5, 5.41) is 5.02. The van der Waals surface area contributed by atoms with Gasteiger partial charge >= 0.3 is 6.03 Å². The Bertz CT molecular complexity index is 625. The molecule has 4 nitrogen and oxygen atoms in total. The van der Waals surface area contributed by atoms with E-state index in [4.69, 9.17) is 4.74 Å². The fraction of sp³-hybridized carbons (Fsp3) is 0.353. The van der Waals surface area contributed by atoms with Crippen molar-refractivity contribution >= 4 is 17.4 Å². The summed E-state index contributed by atoms with van der Waals surface area (Å²) in [7, 11) is 3.49. The number of hydrogen-bond donors (Lipinski definition) is 1. The van der Waals surface area contributed by atoms with Gasteiger partial charge < -0.3 is 15.0 Å². The summed E-state index contributed by atoms with van der Waals surface area (Å²) in [6, 6.07) is 9.99. The van der Waals surface area contributed by atoms with E-state index in [9.17, 15) is 4.79 Å². The van der Waals surface area contributed by atoms with Gasteiger partial charge in [0, 0.05) is 25.6 Å². The second-order valence-corrected chi connectivity index (χ2v) is 6.24. The van der Waals surface area contributed by atoms with Crippen LogP contribution in [0.1, 0.15) is 21.6 Å². The summed E-state index contributed by atoms with van der Waals surface area (Å²) in [4.78, 5) is 15.1. The number of nitrogens with zero attached hydrogens (tertiary/aromatic N) is 1. The average Bonchev–Trinajstić information content (AvgIpc) is 2.91. The smallest absolute Gasteiger partial charge is 0.317 e. The van der Waals surface area contributed by atoms with Crippen LogP contribution in [0, 0.1) is 6.92 Å². The Hall–Kier alpha value is -1.85. The Morgan fingerprint density at radius 2 is 2.00 bits per heavy atom. The van der Waals surface area contributed by atoms with E-state index in [1.807, 2.05) is 31.3 Å². The van der Waals surface area contributed by atoms with Crippen molar-refractivity contribution in [2.45, 2.75) is 26.6 Å². The van der Waals surface area contributed by atoms with Crippen LogP contribution in [-0.4, -0.2) is 25.1 Å². The summed E-state index contributed by atoms with van der Waals surface area (Å²) in [6.07, 6.45) is 0. The lowest BCUT2D eigenvalue weighted by atomic mass is 10.1. The third-order valence-corrected chi connectivity index (χ3v) is 4.55. The van der Waals surface area contributed by atoms with E-state index >= 15 is 0 Å². The van der Waals surface area contributed by atoms with Crippen molar-refractivity contribution in [2.24, 2.45) is 0 Å². The standard InChI is InChI=1S/C17H22N2O2S/c1-13-8-9-22-16(13)11-19(2)17(20)18-10-14-6-4-5-7-15(14)12-21-3/h4-9H,10-12H2,1-3H3,(H,18,20). The molecule has 0 bridgehead atoms. The number of rotatable bonds is 6. The van der Waals surface area contributed by atoms with Crippen molar-refractivity contribution in [2.75, 3.05) is 14.2 Å². The normalized spacial score (nSPS) is 10.5. The number of nitrogens with one attached hydrogen (secondary N) is 1. The molecule has 2 aromatic rings. The Labute approximate surface area is 135 Å². The van der Waals surface area contributed by atoms with Crippen LogP contribution >= 0.6 is 11.3 Å². The predicted octanol–water partition coefficient (Wildman–Crippen LogP) is 3.54. The maximum Gasteiger partial charge on any atom is 0.317 e. The Morgan fingerprint density at radius 3 is 2.64 bits per heavy atom. The second-order valence-electron chi connectivity index (χ2n) is 5.24. The van der Waals surface area contributed by atoms with Gasteiger partial charge in [0.25, 0.3) is 0 Å². The molecule has 0 fully saturated rings. The molecule has 1 aromatic heterocycles. The summed E-state index contributed by atoms with van der Waals surface area (Å²) < 4.78 is 5.18. The van der Waals surface area contributed by atoms with Gasteiger partial charge in [0.2, 0.25) is 0 Å². The van der Waals surface area contributed by atoms with E-state index in [0.717, 1.165) is 11.1 Å². The van der Waals surface area contributed by atoms with Crippen LogP contribution < -0.4 is 5.32 Å². The number of benzene rings is 1. The third-order valence-electron chi connectivity index (χ3n) is 3.54. The van der Waals surface area contributed by atoms with Crippen LogP contribution in [0.15, 0.2) is 35.7 Å². The molecular weight excluding hydrogens is 296 g/mol. The number of ether oxygens (including phenoxy) is 1. The fourth-order valence-electron chi connectivity index (χ4n) is 2.19. The van der Waals surface area contributed by atoms with Gasteiger partial charge in [0.1, 0.15) is 0 Å². The first-order chi connectivity index (χ1) is 10.6. The van der Waals surface area contributed by atoms with E-state index in [1.54, 1.807) is 23.3 Å². The number of urea groups is 1. The maximum absolute atomic E-state index is 12.2. The minimum absolute atomic E-state index is 0.0694. The number of carbonyl (C=O) groups is 1. The molecule has 1 heterocycles. The van der Waals surface area contributed by atoms with Crippen molar-refractivity contribution in [3.05, 3.63) is 57.3 Å². The Balaban J connectivity index is 1.91. The first-order valence-corrected chi connectivity index (χ1v) is 8.07. The molecule has 0 saturated carbocycles. The minimum Gasteiger partial charge on any atom is -0.380 e. The zero-order valence-corrected chi connectivity index (χ0v) is 14.1. The van der Waals surface area contributed by atoms with Gasteiger partial charge in [-0.05, 0) is 35.1 Å². The molecule has 118 valence electrons. The third kappa shape index (κ3) is 4.32. The van der Waals surface area contributed by atoms with Crippen LogP contribution in [0.25, 0.3) is 0 Å². The molecule has 0 spiro atoms. The maximum atomic E-state index is 12.2. The van der Waals surface area contributed by atoms with E-state index < -0.39 is 0 Å². The zero-order valence-electron chi connectivity index (χ0n) is 13.3. The number of hydrogen-bond acceptors (Lipinski definition) is 3. The van der Waals surface area contributed by atoms with Crippen molar-refractivity contribution < 1.29 is 9.53 Å². The van der Waals surface area contributed by atoms with Gasteiger partial charge in [-0.1, -0.05) is 24.3 Å². The number of aryl methyl sites for hydroxylation is 1. The van der Waals surface area contributed by atoms with Crippen LogP contribution in [0.2, 0.25) is 0 Å². The zero-order chi connectivity index (χ0) is 15.9. The van der Waals surface area contributed by atoms with Crippen LogP contribution in [0.3, 0.4) is 0 Å². The molecule has 0 atom stereocenters. The highest BCUT2D eigenvalue weighted by molar-refractivity contribution is 7.10. The van der Waals surface area contributed by atoms with E-state index in [-0.39, 0.29) is 6.03 Å². The first-order valence-electron chi connectivity index (χ1n) is 7.19. The van der Waals surface area contributed by atoms with Gasteiger partial charge in [-0.25, -0.2) is 4.79 Å². The molecule has 0 unspecified atom stereocenters. The lowest BCUT2D eigenvalue weighted by molar-refractivity contribution is 0.183. The number of methoxy groups -OCH3 is 1. The molecular formula is C17H22N2O2S. The SMILES string of the molecule is COCc1ccccc1CNC(=O)N(C)Cc1sccc1C. The molecule has 22 heavy (non-hydrogen) atoms. The van der Waals surface area contributed by atoms with Crippen LogP contribution in [0.4, 0.5) is 4.79 Å². The largest absolute Gasteiger partial charge is 0.380 e. The predicted molar refractivity (Wildman–Crippen MR) is 89.9 cm³/mol. The Morgan fingerprint density at radius 1 is 1.27 bits per heavy atom. The summed E-state index contributed by atoms with van der Waals surface area (Å²) >= 11 is 1.68. The van der Waals surface area contributed by atoms with Crippen molar-refractivity contribution in [3.8, 4) is 0 Å². The Kier molecular flexibility index (Phi) is 5.98. The average molecular weight is 318 g/mol. The van der Waals surface area contributed by atoms with Gasteiger partial charge in [0.05, 0.1) is 13.2 Å². The van der Waals surface area contributed by atoms with Gasteiger partial charge in [-0.15, -0.1) is 11.3 Å². The summed E-state index contributed by atoms with van der Waals surface area (Å²) in [6.45, 7) is 3.76. The minimum atomic E-state index is -0.0694. The molecule has 1 N–H and O–H groups in total. The highest BCUT2D eigenvalue weighted by atomic mass is 32.1. The molecule has 2 amide bonds. The highest BCUT2D eigenvalue weighted by Crippen LogP contribution is 2.17. The fourth-order valence-corrected chi connectivity index (χ4v) is 3.14. The van der Waals surface area contributed by atoms with E-state index in [2.05, 4.69) is 23.7 Å². The highest BCUT2D eigenvalue weighted by Gasteiger charge is 2.11. The molecule has 2 rings (SSSR count). The van der Waals surface area contributed by atoms with Gasteiger partial charge in [0.15, 0.2) is 0 Å². The van der Waals surface area contributed by atoms with E-state index in [1.165, 1.54) is 10.4 Å². The number of thiophene rings is 1. The van der Waals surface area contributed by atoms with Crippen molar-refractivity contribution in [1.82, 2.24) is 10.2 Å². The van der Waals surface area contributed by atoms with Crippen molar-refractivity contribution in [1.29, 1.82) is 0 Å². The summed E-state index contributed by atoms with van der Waals surface area (Å²) in [5.41, 5.74) is 3.41. The quantitative estimate of drug-likeness (QED) is 0.885. The molecule has 5 heteroatoms. The molecule has 0 radical (unpaired) electrons. The van der Waals surface area contributed by atoms with Crippen LogP contribution in [0.5, 0.6) is 0 Å². The summed E-state index contributed by atoms with van der Waals surface area (Å²) in [5.74, 6) is 0. The monoisotopic (exact) mass is 318 g/mol. The topological polar surface area (TPSA) is 41.6 Å². The number of amides is 2. The first kappa shape index (κ1) is 16.5. The molecule has 1 aromatic carbocycles. The second kappa shape index (κ2) is 7.96. The van der Waals surface area contributed by atoms with Gasteiger partial charge in [-0.2, -0.15) is 0 Å². The lowest BCUT2D eigenvalue weighted by Gasteiger charge is -2.18.